The SMILES string of the molecule is O=C(N[C@H]1CCCOCC1)c1cncn1-c1ccc(F)cc1. The molecule has 116 valence electrons. The summed E-state index contributed by atoms with van der Waals surface area (Å²) in [5.41, 5.74) is 1.14. The number of halogens is 1. The summed E-state index contributed by atoms with van der Waals surface area (Å²) < 4.78 is 20.1. The maximum atomic E-state index is 13.0. The molecule has 3 rings (SSSR count). The summed E-state index contributed by atoms with van der Waals surface area (Å²) in [5.74, 6) is -0.484. The summed E-state index contributed by atoms with van der Waals surface area (Å²) in [5, 5.41) is 3.03. The maximum absolute atomic E-state index is 13.0. The van der Waals surface area contributed by atoms with Gasteiger partial charge in [-0.1, -0.05) is 0 Å². The number of carbonyl (C=O) groups is 1. The summed E-state index contributed by atoms with van der Waals surface area (Å²) in [6, 6.07) is 6.08. The first-order chi connectivity index (χ1) is 10.7. The van der Waals surface area contributed by atoms with Gasteiger partial charge in [0, 0.05) is 24.9 Å². The van der Waals surface area contributed by atoms with E-state index >= 15 is 0 Å². The van der Waals surface area contributed by atoms with Gasteiger partial charge in [0.15, 0.2) is 0 Å². The van der Waals surface area contributed by atoms with Gasteiger partial charge in [0.2, 0.25) is 0 Å². The van der Waals surface area contributed by atoms with Crippen LogP contribution in [-0.2, 0) is 4.74 Å². The van der Waals surface area contributed by atoms with Crippen LogP contribution in [0.5, 0.6) is 0 Å². The van der Waals surface area contributed by atoms with Gasteiger partial charge in [0.25, 0.3) is 5.91 Å². The topological polar surface area (TPSA) is 56.1 Å². The van der Waals surface area contributed by atoms with E-state index in [9.17, 15) is 9.18 Å². The van der Waals surface area contributed by atoms with Crippen LogP contribution in [0.4, 0.5) is 4.39 Å². The Hall–Kier alpha value is -2.21. The first kappa shape index (κ1) is 14.7. The van der Waals surface area contributed by atoms with Gasteiger partial charge in [-0.2, -0.15) is 0 Å². The number of imidazole rings is 1. The van der Waals surface area contributed by atoms with Crippen LogP contribution < -0.4 is 5.32 Å². The standard InChI is InChI=1S/C16H18FN3O2/c17-12-3-5-14(6-4-12)20-11-18-10-15(20)16(21)19-13-2-1-8-22-9-7-13/h3-6,10-11,13H,1-2,7-9H2,(H,19,21)/t13-/m0/s1. The third-order valence-corrected chi connectivity index (χ3v) is 3.76. The third-order valence-electron chi connectivity index (χ3n) is 3.76. The van der Waals surface area contributed by atoms with E-state index in [1.54, 1.807) is 23.0 Å². The fourth-order valence-corrected chi connectivity index (χ4v) is 2.58. The molecule has 0 saturated carbocycles. The molecule has 0 spiro atoms. The Kier molecular flexibility index (Phi) is 4.48. The molecule has 1 N–H and O–H groups in total. The van der Waals surface area contributed by atoms with E-state index in [2.05, 4.69) is 10.3 Å². The molecule has 0 radical (unpaired) electrons. The molecule has 22 heavy (non-hydrogen) atoms. The number of nitrogens with zero attached hydrogens (tertiary/aromatic N) is 2. The molecule has 1 amide bonds. The van der Waals surface area contributed by atoms with Gasteiger partial charge in [-0.05, 0) is 43.5 Å². The summed E-state index contributed by atoms with van der Waals surface area (Å²) in [6.07, 6.45) is 5.75. The molecule has 1 atom stereocenters. The van der Waals surface area contributed by atoms with Gasteiger partial charge in [-0.15, -0.1) is 0 Å². The molecule has 5 nitrogen and oxygen atoms in total. The minimum absolute atomic E-state index is 0.117. The number of rotatable bonds is 3. The van der Waals surface area contributed by atoms with E-state index in [-0.39, 0.29) is 17.8 Å². The highest BCUT2D eigenvalue weighted by molar-refractivity contribution is 5.93. The lowest BCUT2D eigenvalue weighted by atomic mass is 10.1. The van der Waals surface area contributed by atoms with Crippen molar-refractivity contribution in [3.8, 4) is 5.69 Å². The first-order valence-electron chi connectivity index (χ1n) is 7.41. The molecule has 2 aromatic rings. The van der Waals surface area contributed by atoms with Crippen LogP contribution in [0.25, 0.3) is 5.69 Å². The van der Waals surface area contributed by atoms with Crippen molar-refractivity contribution in [2.45, 2.75) is 25.3 Å². The van der Waals surface area contributed by atoms with Crippen LogP contribution in [-0.4, -0.2) is 34.7 Å². The van der Waals surface area contributed by atoms with Crippen LogP contribution in [0.2, 0.25) is 0 Å². The Bertz CT molecular complexity index is 631. The van der Waals surface area contributed by atoms with Crippen molar-refractivity contribution in [3.05, 3.63) is 48.3 Å². The highest BCUT2D eigenvalue weighted by Crippen LogP contribution is 2.14. The molecule has 1 aromatic heterocycles. The molecule has 1 aromatic carbocycles. The predicted octanol–water partition coefficient (Wildman–Crippen LogP) is 2.31. The normalized spacial score (nSPS) is 18.7. The fourth-order valence-electron chi connectivity index (χ4n) is 2.58. The zero-order chi connectivity index (χ0) is 15.4. The third kappa shape index (κ3) is 3.33. The van der Waals surface area contributed by atoms with Gasteiger partial charge >= 0.3 is 0 Å². The van der Waals surface area contributed by atoms with E-state index in [0.29, 0.717) is 18.0 Å². The lowest BCUT2D eigenvalue weighted by Gasteiger charge is -2.16. The monoisotopic (exact) mass is 303 g/mol. The van der Waals surface area contributed by atoms with Crippen molar-refractivity contribution in [1.82, 2.24) is 14.9 Å². The second kappa shape index (κ2) is 6.70. The molecule has 0 aliphatic carbocycles. The largest absolute Gasteiger partial charge is 0.381 e. The van der Waals surface area contributed by atoms with E-state index in [4.69, 9.17) is 4.74 Å². The number of carbonyl (C=O) groups excluding carboxylic acids is 1. The molecule has 1 saturated heterocycles. The summed E-state index contributed by atoms with van der Waals surface area (Å²) >= 11 is 0. The van der Waals surface area contributed by atoms with Crippen molar-refractivity contribution in [1.29, 1.82) is 0 Å². The lowest BCUT2D eigenvalue weighted by molar-refractivity contribution is 0.0922. The van der Waals surface area contributed by atoms with Crippen molar-refractivity contribution in [3.63, 3.8) is 0 Å². The van der Waals surface area contributed by atoms with E-state index < -0.39 is 0 Å². The quantitative estimate of drug-likeness (QED) is 0.946. The molecular weight excluding hydrogens is 285 g/mol. The van der Waals surface area contributed by atoms with Crippen molar-refractivity contribution in [2.24, 2.45) is 0 Å². The van der Waals surface area contributed by atoms with Crippen molar-refractivity contribution >= 4 is 5.91 Å². The van der Waals surface area contributed by atoms with Gasteiger partial charge < -0.3 is 10.1 Å². The molecule has 6 heteroatoms. The Morgan fingerprint density at radius 2 is 2.09 bits per heavy atom. The van der Waals surface area contributed by atoms with Gasteiger partial charge in [-0.25, -0.2) is 9.37 Å². The Balaban J connectivity index is 1.76. The minimum Gasteiger partial charge on any atom is -0.381 e. The molecule has 0 unspecified atom stereocenters. The average Bonchev–Trinajstić information content (AvgIpc) is 2.87. The second-order valence-corrected chi connectivity index (χ2v) is 5.34. The summed E-state index contributed by atoms with van der Waals surface area (Å²) in [6.45, 7) is 1.42. The number of hydrogen-bond donors (Lipinski definition) is 1. The molecule has 1 aliphatic heterocycles. The number of nitrogens with one attached hydrogen (secondary N) is 1. The lowest BCUT2D eigenvalue weighted by Crippen LogP contribution is -2.36. The molecule has 1 fully saturated rings. The van der Waals surface area contributed by atoms with Crippen LogP contribution >= 0.6 is 0 Å². The number of benzene rings is 1. The van der Waals surface area contributed by atoms with Crippen LogP contribution in [0.3, 0.4) is 0 Å². The van der Waals surface area contributed by atoms with Gasteiger partial charge in [-0.3, -0.25) is 9.36 Å². The van der Waals surface area contributed by atoms with Crippen LogP contribution in [0.1, 0.15) is 29.8 Å². The summed E-state index contributed by atoms with van der Waals surface area (Å²) in [7, 11) is 0. The number of ether oxygens (including phenoxy) is 1. The molecule has 0 bridgehead atoms. The van der Waals surface area contributed by atoms with Gasteiger partial charge in [0.1, 0.15) is 11.5 Å². The van der Waals surface area contributed by atoms with Crippen LogP contribution in [0, 0.1) is 5.82 Å². The first-order valence-corrected chi connectivity index (χ1v) is 7.41. The Morgan fingerprint density at radius 3 is 2.91 bits per heavy atom. The predicted molar refractivity (Wildman–Crippen MR) is 79.4 cm³/mol. The average molecular weight is 303 g/mol. The van der Waals surface area contributed by atoms with Crippen LogP contribution in [0.15, 0.2) is 36.8 Å². The van der Waals surface area contributed by atoms with E-state index in [1.165, 1.54) is 18.3 Å². The molecule has 2 heterocycles. The molecule has 1 aliphatic rings. The highest BCUT2D eigenvalue weighted by Gasteiger charge is 2.19. The fraction of sp³-hybridized carbons (Fsp3) is 0.375. The molecular formula is C16H18FN3O2. The Labute approximate surface area is 128 Å². The highest BCUT2D eigenvalue weighted by atomic mass is 19.1. The maximum Gasteiger partial charge on any atom is 0.270 e. The van der Waals surface area contributed by atoms with Crippen molar-refractivity contribution in [2.75, 3.05) is 13.2 Å². The van der Waals surface area contributed by atoms with Gasteiger partial charge in [0.05, 0.1) is 12.5 Å². The number of hydrogen-bond acceptors (Lipinski definition) is 3. The summed E-state index contributed by atoms with van der Waals surface area (Å²) in [4.78, 5) is 16.5. The number of amides is 1. The Morgan fingerprint density at radius 1 is 1.27 bits per heavy atom. The second-order valence-electron chi connectivity index (χ2n) is 5.34. The number of aromatic nitrogens is 2. The minimum atomic E-state index is -0.312. The van der Waals surface area contributed by atoms with E-state index in [0.717, 1.165) is 25.9 Å². The smallest absolute Gasteiger partial charge is 0.270 e. The zero-order valence-corrected chi connectivity index (χ0v) is 12.2. The zero-order valence-electron chi connectivity index (χ0n) is 12.2. The van der Waals surface area contributed by atoms with Crippen molar-refractivity contribution < 1.29 is 13.9 Å². The van der Waals surface area contributed by atoms with E-state index in [1.807, 2.05) is 0 Å².